The van der Waals surface area contributed by atoms with Gasteiger partial charge in [0.2, 0.25) is 0 Å². The zero-order valence-corrected chi connectivity index (χ0v) is 11.2. The molecule has 3 heteroatoms. The summed E-state index contributed by atoms with van der Waals surface area (Å²) in [7, 11) is 0. The molecule has 0 unspecified atom stereocenters. The molecule has 0 bridgehead atoms. The normalized spacial score (nSPS) is 11.4. The molecule has 0 radical (unpaired) electrons. The van der Waals surface area contributed by atoms with Gasteiger partial charge in [-0.3, -0.25) is 4.79 Å². The second kappa shape index (κ2) is 8.14. The Hall–Kier alpha value is -2.03. The predicted octanol–water partition coefficient (Wildman–Crippen LogP) is 4.06. The molecule has 2 N–H and O–H groups in total. The number of carbonyl (C=O) groups is 1. The zero-order valence-electron chi connectivity index (χ0n) is 11.2. The van der Waals surface area contributed by atoms with Crippen LogP contribution in [0.1, 0.15) is 48.5 Å². The number of phenols is 2. The minimum Gasteiger partial charge on any atom is -0.504 e. The van der Waals surface area contributed by atoms with Crippen molar-refractivity contribution in [2.24, 2.45) is 0 Å². The van der Waals surface area contributed by atoms with Crippen LogP contribution in [-0.2, 0) is 0 Å². The molecule has 1 rings (SSSR count). The number of unbranched alkanes of at least 4 members (excludes halogenated alkanes) is 3. The molecule has 0 aliphatic rings. The van der Waals surface area contributed by atoms with Gasteiger partial charge in [-0.25, -0.2) is 0 Å². The van der Waals surface area contributed by atoms with Crippen molar-refractivity contribution in [3.63, 3.8) is 0 Å². The summed E-state index contributed by atoms with van der Waals surface area (Å²) in [5, 5.41) is 18.8. The number of hydrogen-bond acceptors (Lipinski definition) is 3. The number of aldehydes is 1. The van der Waals surface area contributed by atoms with Crippen molar-refractivity contribution in [1.82, 2.24) is 0 Å². The predicted molar refractivity (Wildman–Crippen MR) is 77.5 cm³/mol. The lowest BCUT2D eigenvalue weighted by molar-refractivity contribution is 0.112. The summed E-state index contributed by atoms with van der Waals surface area (Å²) in [6, 6.07) is 2.97. The van der Waals surface area contributed by atoms with Crippen LogP contribution in [0.15, 0.2) is 30.4 Å². The topological polar surface area (TPSA) is 57.5 Å². The van der Waals surface area contributed by atoms with Gasteiger partial charge in [0.05, 0.1) is 5.56 Å². The average Bonchev–Trinajstić information content (AvgIpc) is 2.42. The molecule has 0 heterocycles. The van der Waals surface area contributed by atoms with E-state index in [1.165, 1.54) is 25.3 Å². The Kier molecular flexibility index (Phi) is 6.44. The van der Waals surface area contributed by atoms with E-state index in [-0.39, 0.29) is 17.1 Å². The monoisotopic (exact) mass is 260 g/mol. The third-order valence-corrected chi connectivity index (χ3v) is 2.84. The highest BCUT2D eigenvalue weighted by Gasteiger charge is 2.08. The Labute approximate surface area is 113 Å². The molecular formula is C16H20O3. The van der Waals surface area contributed by atoms with Gasteiger partial charge in [0.25, 0.3) is 0 Å². The fourth-order valence-electron chi connectivity index (χ4n) is 1.73. The lowest BCUT2D eigenvalue weighted by Crippen LogP contribution is -1.87. The quantitative estimate of drug-likeness (QED) is 0.336. The van der Waals surface area contributed by atoms with E-state index >= 15 is 0 Å². The number of phenolic OH excluding ortho intramolecular Hbond substituents is 2. The maximum atomic E-state index is 10.9. The van der Waals surface area contributed by atoms with Crippen LogP contribution < -0.4 is 0 Å². The molecule has 0 spiro atoms. The fraction of sp³-hybridized carbons (Fsp3) is 0.312. The Morgan fingerprint density at radius 3 is 2.63 bits per heavy atom. The lowest BCUT2D eigenvalue weighted by atomic mass is 10.1. The van der Waals surface area contributed by atoms with Gasteiger partial charge in [-0.05, 0) is 24.5 Å². The molecule has 0 saturated heterocycles. The molecular weight excluding hydrogens is 240 g/mol. The maximum absolute atomic E-state index is 10.9. The molecule has 102 valence electrons. The Bertz CT molecular complexity index is 473. The van der Waals surface area contributed by atoms with Crippen LogP contribution in [0.4, 0.5) is 0 Å². The first-order chi connectivity index (χ1) is 9.20. The first-order valence-electron chi connectivity index (χ1n) is 6.54. The number of rotatable bonds is 7. The average molecular weight is 260 g/mol. The molecule has 3 nitrogen and oxygen atoms in total. The highest BCUT2D eigenvalue weighted by molar-refractivity contribution is 5.87. The van der Waals surface area contributed by atoms with Crippen molar-refractivity contribution in [3.8, 4) is 11.5 Å². The third-order valence-electron chi connectivity index (χ3n) is 2.84. The van der Waals surface area contributed by atoms with Crippen molar-refractivity contribution in [2.45, 2.75) is 32.6 Å². The summed E-state index contributed by atoms with van der Waals surface area (Å²) in [5.41, 5.74) is 0.694. The number of hydrogen-bond donors (Lipinski definition) is 2. The number of allylic oxidation sites excluding steroid dienone is 3. The van der Waals surface area contributed by atoms with E-state index in [2.05, 4.69) is 13.0 Å². The van der Waals surface area contributed by atoms with Crippen LogP contribution in [0.3, 0.4) is 0 Å². The molecule has 1 aromatic carbocycles. The van der Waals surface area contributed by atoms with E-state index in [1.807, 2.05) is 12.2 Å². The van der Waals surface area contributed by atoms with Gasteiger partial charge in [0.15, 0.2) is 17.8 Å². The minimum atomic E-state index is -0.371. The first kappa shape index (κ1) is 15.0. The molecule has 1 aromatic rings. The summed E-state index contributed by atoms with van der Waals surface area (Å²) >= 11 is 0. The minimum absolute atomic E-state index is 0.107. The van der Waals surface area contributed by atoms with E-state index in [1.54, 1.807) is 12.1 Å². The molecule has 0 aromatic heterocycles. The van der Waals surface area contributed by atoms with Crippen LogP contribution in [0.5, 0.6) is 11.5 Å². The second-order valence-electron chi connectivity index (χ2n) is 4.34. The zero-order chi connectivity index (χ0) is 14.1. The second-order valence-corrected chi connectivity index (χ2v) is 4.34. The summed E-state index contributed by atoms with van der Waals surface area (Å²) in [5.74, 6) is -0.654. The Morgan fingerprint density at radius 1 is 1.16 bits per heavy atom. The molecule has 0 amide bonds. The van der Waals surface area contributed by atoms with E-state index in [9.17, 15) is 15.0 Å². The number of carbonyl (C=O) groups excluding carboxylic acids is 1. The largest absolute Gasteiger partial charge is 0.504 e. The van der Waals surface area contributed by atoms with Gasteiger partial charge < -0.3 is 10.2 Å². The van der Waals surface area contributed by atoms with Crippen LogP contribution in [-0.4, -0.2) is 16.5 Å². The highest BCUT2D eigenvalue weighted by atomic mass is 16.3. The molecule has 19 heavy (non-hydrogen) atoms. The van der Waals surface area contributed by atoms with E-state index in [4.69, 9.17) is 0 Å². The SMILES string of the molecule is CCCCCC=CC=Cc1ccc(O)c(O)c1C=O. The van der Waals surface area contributed by atoms with Crippen LogP contribution in [0.25, 0.3) is 6.08 Å². The maximum Gasteiger partial charge on any atom is 0.168 e. The van der Waals surface area contributed by atoms with E-state index < -0.39 is 0 Å². The Morgan fingerprint density at radius 2 is 1.95 bits per heavy atom. The summed E-state index contributed by atoms with van der Waals surface area (Å²) in [6.45, 7) is 2.17. The molecule has 0 fully saturated rings. The summed E-state index contributed by atoms with van der Waals surface area (Å²) in [6.07, 6.45) is 12.8. The van der Waals surface area contributed by atoms with Crippen LogP contribution in [0, 0.1) is 0 Å². The number of benzene rings is 1. The van der Waals surface area contributed by atoms with Crippen molar-refractivity contribution in [1.29, 1.82) is 0 Å². The summed E-state index contributed by atoms with van der Waals surface area (Å²) in [4.78, 5) is 10.9. The van der Waals surface area contributed by atoms with Crippen LogP contribution in [0.2, 0.25) is 0 Å². The van der Waals surface area contributed by atoms with Gasteiger partial charge in [0.1, 0.15) is 0 Å². The van der Waals surface area contributed by atoms with Gasteiger partial charge >= 0.3 is 0 Å². The highest BCUT2D eigenvalue weighted by Crippen LogP contribution is 2.30. The summed E-state index contributed by atoms with van der Waals surface area (Å²) < 4.78 is 0. The smallest absolute Gasteiger partial charge is 0.168 e. The van der Waals surface area contributed by atoms with Crippen molar-refractivity contribution < 1.29 is 15.0 Å². The molecule has 0 aliphatic heterocycles. The van der Waals surface area contributed by atoms with Crippen molar-refractivity contribution in [2.75, 3.05) is 0 Å². The lowest BCUT2D eigenvalue weighted by Gasteiger charge is -2.03. The number of aromatic hydroxyl groups is 2. The molecule has 0 aliphatic carbocycles. The standard InChI is InChI=1S/C16H20O3/c1-2-3-4-5-6-7-8-9-13-10-11-15(18)16(19)14(13)12-17/h6-12,18-19H,2-5H2,1H3. The molecule has 0 atom stereocenters. The van der Waals surface area contributed by atoms with Gasteiger partial charge in [-0.1, -0.05) is 50.1 Å². The Balaban J connectivity index is 2.67. The van der Waals surface area contributed by atoms with Crippen LogP contribution >= 0.6 is 0 Å². The van der Waals surface area contributed by atoms with Crippen molar-refractivity contribution >= 4 is 12.4 Å². The third kappa shape index (κ3) is 4.62. The fourth-order valence-corrected chi connectivity index (χ4v) is 1.73. The molecule has 0 saturated carbocycles. The van der Waals surface area contributed by atoms with Gasteiger partial charge in [-0.2, -0.15) is 0 Å². The van der Waals surface area contributed by atoms with E-state index in [0.29, 0.717) is 11.8 Å². The van der Waals surface area contributed by atoms with Crippen molar-refractivity contribution in [3.05, 3.63) is 41.5 Å². The van der Waals surface area contributed by atoms with Gasteiger partial charge in [-0.15, -0.1) is 0 Å². The van der Waals surface area contributed by atoms with Gasteiger partial charge in [0, 0.05) is 0 Å². The first-order valence-corrected chi connectivity index (χ1v) is 6.54. The van der Waals surface area contributed by atoms with E-state index in [0.717, 1.165) is 6.42 Å².